The Morgan fingerprint density at radius 2 is 1.41 bits per heavy atom. The van der Waals surface area contributed by atoms with Crippen LogP contribution in [0.2, 0.25) is 0 Å². The van der Waals surface area contributed by atoms with Crippen LogP contribution in [0, 0.1) is 0 Å². The van der Waals surface area contributed by atoms with Gasteiger partial charge >= 0.3 is 0 Å². The third-order valence-corrected chi connectivity index (χ3v) is 8.44. The number of rotatable bonds is 0. The number of aromatic amines is 1. The first kappa shape index (κ1) is 18.6. The summed E-state index contributed by atoms with van der Waals surface area (Å²) >= 11 is 0. The topological polar surface area (TPSA) is 15.8 Å². The quantitative estimate of drug-likeness (QED) is 0.229. The Labute approximate surface area is 198 Å². The molecule has 0 unspecified atom stereocenters. The molecule has 0 fully saturated rings. The number of aryl methyl sites for hydroxylation is 1. The van der Waals surface area contributed by atoms with Gasteiger partial charge in [0.1, 0.15) is 0 Å². The van der Waals surface area contributed by atoms with E-state index in [9.17, 15) is 0 Å². The second-order valence-corrected chi connectivity index (χ2v) is 10.6. The number of H-pyrrole nitrogens is 1. The van der Waals surface area contributed by atoms with E-state index in [1.165, 1.54) is 76.7 Å². The van der Waals surface area contributed by atoms with Crippen molar-refractivity contribution >= 4 is 49.4 Å². The summed E-state index contributed by atoms with van der Waals surface area (Å²) in [5.74, 6) is 0. The summed E-state index contributed by atoms with van der Waals surface area (Å²) in [6.45, 7) is 4.71. The Morgan fingerprint density at radius 3 is 2.32 bits per heavy atom. The molecule has 0 aliphatic heterocycles. The Kier molecular flexibility index (Phi) is 3.38. The van der Waals surface area contributed by atoms with E-state index in [2.05, 4.69) is 104 Å². The maximum absolute atomic E-state index is 3.80. The van der Waals surface area contributed by atoms with Crippen molar-refractivity contribution in [1.29, 1.82) is 0 Å². The summed E-state index contributed by atoms with van der Waals surface area (Å²) in [7, 11) is 0. The summed E-state index contributed by atoms with van der Waals surface area (Å²) in [5, 5.41) is 8.15. The molecular weight excluding hydrogens is 410 g/mol. The number of hydrogen-bond donors (Lipinski definition) is 1. The lowest BCUT2D eigenvalue weighted by atomic mass is 9.82. The lowest BCUT2D eigenvalue weighted by Gasteiger charge is -2.21. The second-order valence-electron chi connectivity index (χ2n) is 10.6. The summed E-state index contributed by atoms with van der Waals surface area (Å²) in [5.41, 5.74) is 11.0. The highest BCUT2D eigenvalue weighted by molar-refractivity contribution is 6.20. The number of nitrogens with one attached hydrogen (secondary N) is 1. The molecule has 2 aliphatic carbocycles. The second kappa shape index (κ2) is 6.18. The van der Waals surface area contributed by atoms with Gasteiger partial charge in [-0.15, -0.1) is 0 Å². The Morgan fingerprint density at radius 1 is 0.647 bits per heavy atom. The normalized spacial score (nSPS) is 15.8. The molecule has 0 amide bonds. The molecule has 1 heterocycles. The molecule has 1 nitrogen and oxygen atoms in total. The third kappa shape index (κ3) is 2.20. The summed E-state index contributed by atoms with van der Waals surface area (Å²) < 4.78 is 0. The molecule has 8 rings (SSSR count). The summed E-state index contributed by atoms with van der Waals surface area (Å²) in [6.07, 6.45) is 6.89. The van der Waals surface area contributed by atoms with Crippen LogP contribution in [0.4, 0.5) is 0 Å². The minimum absolute atomic E-state index is 0.0176. The first-order chi connectivity index (χ1) is 16.6. The van der Waals surface area contributed by atoms with Gasteiger partial charge in [0.2, 0.25) is 0 Å². The predicted octanol–water partition coefficient (Wildman–Crippen LogP) is 8.89. The fourth-order valence-corrected chi connectivity index (χ4v) is 6.77. The van der Waals surface area contributed by atoms with Gasteiger partial charge in [0.05, 0.1) is 0 Å². The molecule has 0 spiro atoms. The van der Waals surface area contributed by atoms with Gasteiger partial charge in [-0.2, -0.15) is 0 Å². The number of allylic oxidation sites excluding steroid dienone is 1. The van der Waals surface area contributed by atoms with Crippen molar-refractivity contribution in [3.63, 3.8) is 0 Å². The van der Waals surface area contributed by atoms with Gasteiger partial charge < -0.3 is 4.98 Å². The van der Waals surface area contributed by atoms with E-state index in [0.29, 0.717) is 0 Å². The fraction of sp³-hybridized carbons (Fsp3) is 0.152. The standard InChI is InChI=1S/C33H25N/c1-33(2)29-14-8-7-13-23(29)26-16-28-27-15-24-21-11-5-3-9-19(21)20-10-4-6-12-22(20)25(24)17-31(27)34-32(28)18-30(26)33/h3-4,6-10,12-18,34H,5,11H2,1-2H3. The summed E-state index contributed by atoms with van der Waals surface area (Å²) in [6, 6.07) is 27.5. The minimum Gasteiger partial charge on any atom is -0.354 e. The van der Waals surface area contributed by atoms with Gasteiger partial charge in [0.15, 0.2) is 0 Å². The first-order valence-electron chi connectivity index (χ1n) is 12.3. The molecule has 162 valence electrons. The molecule has 1 N–H and O–H groups in total. The number of fused-ring (bicyclic) bond motifs is 12. The van der Waals surface area contributed by atoms with Gasteiger partial charge in [-0.1, -0.05) is 74.5 Å². The van der Waals surface area contributed by atoms with Crippen LogP contribution in [0.3, 0.4) is 0 Å². The number of hydrogen-bond acceptors (Lipinski definition) is 0. The Bertz CT molecular complexity index is 1880. The lowest BCUT2D eigenvalue weighted by molar-refractivity contribution is 0.661. The molecule has 0 saturated heterocycles. The predicted molar refractivity (Wildman–Crippen MR) is 146 cm³/mol. The van der Waals surface area contributed by atoms with Crippen LogP contribution in [0.25, 0.3) is 60.6 Å². The molecule has 5 aromatic carbocycles. The van der Waals surface area contributed by atoms with Gasteiger partial charge in [0.25, 0.3) is 0 Å². The minimum atomic E-state index is 0.0176. The Hall–Kier alpha value is -3.84. The van der Waals surface area contributed by atoms with Crippen molar-refractivity contribution in [3.05, 3.63) is 101 Å². The van der Waals surface area contributed by atoms with Crippen LogP contribution in [0.15, 0.2) is 78.9 Å². The fourth-order valence-electron chi connectivity index (χ4n) is 6.77. The maximum atomic E-state index is 3.80. The highest BCUT2D eigenvalue weighted by Gasteiger charge is 2.35. The van der Waals surface area contributed by atoms with Crippen molar-refractivity contribution in [2.24, 2.45) is 0 Å². The van der Waals surface area contributed by atoms with Crippen molar-refractivity contribution in [2.75, 3.05) is 0 Å². The van der Waals surface area contributed by atoms with E-state index >= 15 is 0 Å². The molecule has 0 saturated carbocycles. The van der Waals surface area contributed by atoms with E-state index < -0.39 is 0 Å². The van der Waals surface area contributed by atoms with Gasteiger partial charge in [-0.25, -0.2) is 0 Å². The number of benzene rings is 5. The smallest absolute Gasteiger partial charge is 0.0471 e. The van der Waals surface area contributed by atoms with Gasteiger partial charge in [0, 0.05) is 27.2 Å². The highest BCUT2D eigenvalue weighted by Crippen LogP contribution is 2.50. The van der Waals surface area contributed by atoms with E-state index in [1.54, 1.807) is 0 Å². The average Bonchev–Trinajstić information content (AvgIpc) is 3.34. The summed E-state index contributed by atoms with van der Waals surface area (Å²) in [4.78, 5) is 3.80. The zero-order valence-corrected chi connectivity index (χ0v) is 19.5. The lowest BCUT2D eigenvalue weighted by Crippen LogP contribution is -2.14. The van der Waals surface area contributed by atoms with Crippen LogP contribution in [-0.4, -0.2) is 4.98 Å². The molecule has 6 aromatic rings. The first-order valence-corrected chi connectivity index (χ1v) is 12.3. The number of aromatic nitrogens is 1. The van der Waals surface area contributed by atoms with E-state index in [1.807, 2.05) is 0 Å². The van der Waals surface area contributed by atoms with Crippen molar-refractivity contribution < 1.29 is 0 Å². The van der Waals surface area contributed by atoms with E-state index in [4.69, 9.17) is 0 Å². The average molecular weight is 436 g/mol. The zero-order chi connectivity index (χ0) is 22.6. The van der Waals surface area contributed by atoms with E-state index in [0.717, 1.165) is 12.8 Å². The molecule has 2 aliphatic rings. The molecule has 0 bridgehead atoms. The van der Waals surface area contributed by atoms with Crippen molar-refractivity contribution in [2.45, 2.75) is 32.1 Å². The zero-order valence-electron chi connectivity index (χ0n) is 19.5. The van der Waals surface area contributed by atoms with Crippen LogP contribution in [-0.2, 0) is 11.8 Å². The van der Waals surface area contributed by atoms with Crippen LogP contribution >= 0.6 is 0 Å². The van der Waals surface area contributed by atoms with Crippen molar-refractivity contribution in [3.8, 4) is 11.1 Å². The largest absolute Gasteiger partial charge is 0.354 e. The van der Waals surface area contributed by atoms with E-state index in [-0.39, 0.29) is 5.41 Å². The SMILES string of the molecule is CC1(C)c2ccccc2-c2cc3c(cc21)[nH]c1cc2c(cc13)c1c(c3ccccc32)C=CCC1. The molecule has 0 radical (unpaired) electrons. The molecule has 0 atom stereocenters. The maximum Gasteiger partial charge on any atom is 0.0471 e. The van der Waals surface area contributed by atoms with Crippen molar-refractivity contribution in [1.82, 2.24) is 4.98 Å². The highest BCUT2D eigenvalue weighted by atomic mass is 14.7. The third-order valence-electron chi connectivity index (χ3n) is 8.44. The molecule has 1 aromatic heterocycles. The van der Waals surface area contributed by atoms with Gasteiger partial charge in [-0.05, 0) is 92.0 Å². The monoisotopic (exact) mass is 435 g/mol. The molecule has 34 heavy (non-hydrogen) atoms. The Balaban J connectivity index is 1.51. The van der Waals surface area contributed by atoms with Gasteiger partial charge in [-0.3, -0.25) is 0 Å². The molecular formula is C33H25N. The van der Waals surface area contributed by atoms with Crippen LogP contribution in [0.5, 0.6) is 0 Å². The van der Waals surface area contributed by atoms with Crippen LogP contribution < -0.4 is 0 Å². The molecule has 1 heteroatoms. The van der Waals surface area contributed by atoms with Crippen LogP contribution in [0.1, 0.15) is 42.5 Å².